The number of hydrogen-bond acceptors (Lipinski definition) is 3. The number of benzene rings is 1. The van der Waals surface area contributed by atoms with Crippen LogP contribution < -0.4 is 5.73 Å². The van der Waals surface area contributed by atoms with Crippen molar-refractivity contribution in [2.75, 3.05) is 6.54 Å². The Labute approximate surface area is 123 Å². The van der Waals surface area contributed by atoms with Crippen LogP contribution in [0.2, 0.25) is 5.02 Å². The fourth-order valence-corrected chi connectivity index (χ4v) is 3.80. The second-order valence-corrected chi connectivity index (χ2v) is 6.72. The van der Waals surface area contributed by atoms with E-state index < -0.39 is 22.0 Å². The number of nitrogens with zero attached hydrogens (tertiary/aromatic N) is 1. The summed E-state index contributed by atoms with van der Waals surface area (Å²) < 4.78 is 25.6. The molecule has 0 aromatic heterocycles. The van der Waals surface area contributed by atoms with Crippen molar-refractivity contribution in [3.05, 3.63) is 40.3 Å². The van der Waals surface area contributed by atoms with Gasteiger partial charge in [-0.05, 0) is 30.5 Å². The minimum absolute atomic E-state index is 0.308. The topological polar surface area (TPSA) is 80.5 Å². The minimum Gasteiger partial charge on any atom is -0.368 e. The van der Waals surface area contributed by atoms with Gasteiger partial charge in [0.1, 0.15) is 6.04 Å². The van der Waals surface area contributed by atoms with Gasteiger partial charge >= 0.3 is 0 Å². The van der Waals surface area contributed by atoms with Gasteiger partial charge in [-0.1, -0.05) is 29.8 Å². The average molecular weight is 315 g/mol. The third kappa shape index (κ3) is 3.20. The van der Waals surface area contributed by atoms with Crippen molar-refractivity contribution in [1.29, 1.82) is 0 Å². The van der Waals surface area contributed by atoms with Crippen LogP contribution >= 0.6 is 11.6 Å². The molecule has 7 heteroatoms. The first kappa shape index (κ1) is 15.0. The molecule has 0 aliphatic carbocycles. The number of amides is 1. The quantitative estimate of drug-likeness (QED) is 0.916. The van der Waals surface area contributed by atoms with E-state index >= 15 is 0 Å². The van der Waals surface area contributed by atoms with E-state index in [-0.39, 0.29) is 0 Å². The van der Waals surface area contributed by atoms with Gasteiger partial charge in [-0.15, -0.1) is 0 Å². The standard InChI is InChI=1S/C13H15ClN2O3S/c14-11-5-2-1-4-10(11)7-9-20(18,19)16-8-3-6-12(16)13(15)17/h1-2,4-5,7,9,12H,3,6,8H2,(H2,15,17)/b9-7-/t12-/m1/s1. The summed E-state index contributed by atoms with van der Waals surface area (Å²) >= 11 is 5.96. The Bertz CT molecular complexity index is 643. The second-order valence-electron chi connectivity index (χ2n) is 4.54. The van der Waals surface area contributed by atoms with Gasteiger partial charge in [0.2, 0.25) is 15.9 Å². The lowest BCUT2D eigenvalue weighted by Gasteiger charge is -2.19. The highest BCUT2D eigenvalue weighted by Gasteiger charge is 2.36. The Hall–Kier alpha value is -1.37. The van der Waals surface area contributed by atoms with E-state index in [2.05, 4.69) is 0 Å². The van der Waals surface area contributed by atoms with Crippen molar-refractivity contribution in [2.45, 2.75) is 18.9 Å². The Kier molecular flexibility index (Phi) is 4.47. The van der Waals surface area contributed by atoms with E-state index in [0.29, 0.717) is 30.0 Å². The van der Waals surface area contributed by atoms with Crippen LogP contribution in [0.5, 0.6) is 0 Å². The van der Waals surface area contributed by atoms with Crippen molar-refractivity contribution in [3.63, 3.8) is 0 Å². The third-order valence-corrected chi connectivity index (χ3v) is 5.10. The van der Waals surface area contributed by atoms with Gasteiger partial charge < -0.3 is 5.73 Å². The van der Waals surface area contributed by atoms with Crippen molar-refractivity contribution < 1.29 is 13.2 Å². The zero-order valence-corrected chi connectivity index (χ0v) is 12.3. The summed E-state index contributed by atoms with van der Waals surface area (Å²) in [7, 11) is -3.68. The zero-order chi connectivity index (χ0) is 14.8. The SMILES string of the molecule is NC(=O)[C@H]1CCCN1S(=O)(=O)/C=C\c1ccccc1Cl. The number of halogens is 1. The lowest BCUT2D eigenvalue weighted by atomic mass is 10.2. The van der Waals surface area contributed by atoms with E-state index in [1.165, 1.54) is 6.08 Å². The summed E-state index contributed by atoms with van der Waals surface area (Å²) in [4.78, 5) is 11.3. The summed E-state index contributed by atoms with van der Waals surface area (Å²) in [6.07, 6.45) is 2.52. The number of primary amides is 1. The molecule has 20 heavy (non-hydrogen) atoms. The van der Waals surface area contributed by atoms with Crippen LogP contribution in [0.4, 0.5) is 0 Å². The third-order valence-electron chi connectivity index (χ3n) is 3.18. The maximum absolute atomic E-state index is 12.2. The van der Waals surface area contributed by atoms with Crippen LogP contribution in [0.15, 0.2) is 29.7 Å². The smallest absolute Gasteiger partial charge is 0.236 e. The van der Waals surface area contributed by atoms with Crippen LogP contribution in [-0.4, -0.2) is 31.2 Å². The molecule has 0 saturated carbocycles. The lowest BCUT2D eigenvalue weighted by molar-refractivity contribution is -0.121. The van der Waals surface area contributed by atoms with Gasteiger partial charge in [0, 0.05) is 17.0 Å². The molecule has 1 aromatic carbocycles. The first-order valence-corrected chi connectivity index (χ1v) is 8.04. The predicted octanol–water partition coefficient (Wildman–Crippen LogP) is 1.59. The Balaban J connectivity index is 2.23. The molecule has 0 unspecified atom stereocenters. The molecule has 2 rings (SSSR count). The summed E-state index contributed by atoms with van der Waals surface area (Å²) in [6, 6.07) is 6.16. The highest BCUT2D eigenvalue weighted by molar-refractivity contribution is 7.92. The molecule has 2 N–H and O–H groups in total. The van der Waals surface area contributed by atoms with Gasteiger partial charge in [0.25, 0.3) is 0 Å². The van der Waals surface area contributed by atoms with Crippen molar-refractivity contribution in [1.82, 2.24) is 4.31 Å². The predicted molar refractivity (Wildman–Crippen MR) is 78.3 cm³/mol. The monoisotopic (exact) mass is 314 g/mol. The second kappa shape index (κ2) is 5.95. The molecule has 1 heterocycles. The molecule has 0 bridgehead atoms. The molecule has 1 aromatic rings. The van der Waals surface area contributed by atoms with Crippen LogP contribution in [0.25, 0.3) is 6.08 Å². The van der Waals surface area contributed by atoms with E-state index in [1.54, 1.807) is 24.3 Å². The number of hydrogen-bond donors (Lipinski definition) is 1. The van der Waals surface area contributed by atoms with Crippen LogP contribution in [-0.2, 0) is 14.8 Å². The maximum atomic E-state index is 12.2. The fourth-order valence-electron chi connectivity index (χ4n) is 2.18. The van der Waals surface area contributed by atoms with E-state index in [0.717, 1.165) is 9.71 Å². The zero-order valence-electron chi connectivity index (χ0n) is 10.7. The molecule has 1 saturated heterocycles. The molecule has 0 radical (unpaired) electrons. The van der Waals surface area contributed by atoms with Crippen LogP contribution in [0.1, 0.15) is 18.4 Å². The first-order valence-electron chi connectivity index (χ1n) is 6.15. The molecule has 1 amide bonds. The molecule has 1 aliphatic heterocycles. The van der Waals surface area contributed by atoms with Gasteiger partial charge in [-0.25, -0.2) is 8.42 Å². The Morgan fingerprint density at radius 3 is 2.75 bits per heavy atom. The average Bonchev–Trinajstić information content (AvgIpc) is 2.88. The normalized spacial score (nSPS) is 20.6. The fraction of sp³-hybridized carbons (Fsp3) is 0.308. The van der Waals surface area contributed by atoms with Crippen molar-refractivity contribution in [3.8, 4) is 0 Å². The van der Waals surface area contributed by atoms with Gasteiger partial charge in [-0.2, -0.15) is 4.31 Å². The molecule has 1 atom stereocenters. The Morgan fingerprint density at radius 1 is 1.40 bits per heavy atom. The first-order chi connectivity index (χ1) is 9.42. The minimum atomic E-state index is -3.68. The highest BCUT2D eigenvalue weighted by atomic mass is 35.5. The van der Waals surface area contributed by atoms with Crippen LogP contribution in [0.3, 0.4) is 0 Å². The molecule has 108 valence electrons. The molecule has 5 nitrogen and oxygen atoms in total. The lowest BCUT2D eigenvalue weighted by Crippen LogP contribution is -2.42. The summed E-state index contributed by atoms with van der Waals surface area (Å²) in [5.41, 5.74) is 5.83. The highest BCUT2D eigenvalue weighted by Crippen LogP contribution is 2.23. The van der Waals surface area contributed by atoms with Gasteiger partial charge in [0.15, 0.2) is 0 Å². The molecule has 0 spiro atoms. The molecular formula is C13H15ClN2O3S. The van der Waals surface area contributed by atoms with Crippen molar-refractivity contribution in [2.24, 2.45) is 5.73 Å². The number of carbonyl (C=O) groups is 1. The number of sulfonamides is 1. The van der Waals surface area contributed by atoms with E-state index in [1.807, 2.05) is 0 Å². The van der Waals surface area contributed by atoms with E-state index in [4.69, 9.17) is 17.3 Å². The van der Waals surface area contributed by atoms with Crippen LogP contribution in [0, 0.1) is 0 Å². The van der Waals surface area contributed by atoms with E-state index in [9.17, 15) is 13.2 Å². The van der Waals surface area contributed by atoms with Gasteiger partial charge in [-0.3, -0.25) is 4.79 Å². The molecular weight excluding hydrogens is 300 g/mol. The number of nitrogens with two attached hydrogens (primary N) is 1. The summed E-state index contributed by atoms with van der Waals surface area (Å²) in [6.45, 7) is 0.308. The molecule has 1 aliphatic rings. The Morgan fingerprint density at radius 2 is 2.10 bits per heavy atom. The summed E-state index contributed by atoms with van der Waals surface area (Å²) in [5.74, 6) is -0.614. The number of rotatable bonds is 4. The van der Waals surface area contributed by atoms with Crippen molar-refractivity contribution >= 4 is 33.6 Å². The largest absolute Gasteiger partial charge is 0.368 e. The summed E-state index contributed by atoms with van der Waals surface area (Å²) in [5, 5.41) is 1.53. The molecule has 1 fully saturated rings. The number of carbonyl (C=O) groups excluding carboxylic acids is 1. The maximum Gasteiger partial charge on any atom is 0.236 e. The van der Waals surface area contributed by atoms with Gasteiger partial charge in [0.05, 0.1) is 0 Å².